The molecule has 0 rings (SSSR count). The van der Waals surface area contributed by atoms with E-state index >= 15 is 0 Å². The van der Waals surface area contributed by atoms with Gasteiger partial charge in [0.2, 0.25) is 6.43 Å². The van der Waals surface area contributed by atoms with E-state index in [0.29, 0.717) is 0 Å². The predicted molar refractivity (Wildman–Crippen MR) is 28.7 cm³/mol. The Morgan fingerprint density at radius 2 is 2.12 bits per heavy atom. The molecule has 8 heavy (non-hydrogen) atoms. The van der Waals surface area contributed by atoms with Crippen molar-refractivity contribution in [1.82, 2.24) is 0 Å². The van der Waals surface area contributed by atoms with Gasteiger partial charge in [-0.2, -0.15) is 4.39 Å². The fraction of sp³-hybridized carbons (Fsp3) is 0.500. The fourth-order valence-electron chi connectivity index (χ4n) is 0.178. The predicted octanol–water partition coefficient (Wildman–Crippen LogP) is 2.85. The SMILES string of the molecule is F/C(Br)=C\CC(F)F. The molecule has 48 valence electrons. The Hall–Kier alpha value is 0.01000. The summed E-state index contributed by atoms with van der Waals surface area (Å²) in [6.07, 6.45) is -2.21. The van der Waals surface area contributed by atoms with Gasteiger partial charge in [0.1, 0.15) is 0 Å². The van der Waals surface area contributed by atoms with Crippen LogP contribution in [0.25, 0.3) is 0 Å². The van der Waals surface area contributed by atoms with Gasteiger partial charge in [-0.3, -0.25) is 0 Å². The van der Waals surface area contributed by atoms with E-state index in [9.17, 15) is 13.2 Å². The third-order valence-electron chi connectivity index (χ3n) is 0.450. The molecule has 0 aromatic carbocycles. The van der Waals surface area contributed by atoms with Gasteiger partial charge in [0.15, 0.2) is 4.74 Å². The van der Waals surface area contributed by atoms with Crippen molar-refractivity contribution in [2.24, 2.45) is 0 Å². The van der Waals surface area contributed by atoms with Crippen LogP contribution in [0.4, 0.5) is 13.2 Å². The highest BCUT2D eigenvalue weighted by Gasteiger charge is 1.97. The molecule has 0 amide bonds. The molecule has 0 saturated heterocycles. The van der Waals surface area contributed by atoms with Crippen molar-refractivity contribution in [3.8, 4) is 0 Å². The summed E-state index contributed by atoms with van der Waals surface area (Å²) in [5.74, 6) is 0. The van der Waals surface area contributed by atoms with Crippen LogP contribution in [0.2, 0.25) is 0 Å². The molecule has 0 bridgehead atoms. The molecule has 0 aliphatic rings. The molecule has 0 aliphatic heterocycles. The zero-order valence-corrected chi connectivity index (χ0v) is 5.46. The van der Waals surface area contributed by atoms with Gasteiger partial charge in [0.25, 0.3) is 0 Å². The Morgan fingerprint density at radius 1 is 1.62 bits per heavy atom. The van der Waals surface area contributed by atoms with Crippen LogP contribution in [-0.4, -0.2) is 6.43 Å². The molecule has 0 radical (unpaired) electrons. The second-order valence-electron chi connectivity index (χ2n) is 1.12. The molecule has 4 heteroatoms. The molecule has 0 N–H and O–H groups in total. The van der Waals surface area contributed by atoms with Gasteiger partial charge < -0.3 is 0 Å². The third-order valence-corrected chi connectivity index (χ3v) is 0.774. The molecule has 0 aromatic heterocycles. The Kier molecular flexibility index (Phi) is 3.95. The van der Waals surface area contributed by atoms with Crippen molar-refractivity contribution in [3.05, 3.63) is 10.8 Å². The highest BCUT2D eigenvalue weighted by Crippen LogP contribution is 2.09. The third kappa shape index (κ3) is 6.01. The number of halogens is 4. The highest BCUT2D eigenvalue weighted by atomic mass is 79.9. The van der Waals surface area contributed by atoms with Gasteiger partial charge in [-0.1, -0.05) is 0 Å². The largest absolute Gasteiger partial charge is 0.242 e. The lowest BCUT2D eigenvalue weighted by atomic mass is 10.4. The van der Waals surface area contributed by atoms with E-state index in [1.54, 1.807) is 0 Å². The standard InChI is InChI=1S/C4H4BrF3/c5-3(6)1-2-4(7)8/h1,4H,2H2/b3-1-. The molecule has 0 saturated carbocycles. The first-order valence-electron chi connectivity index (χ1n) is 1.92. The average Bonchev–Trinajstić information content (AvgIpc) is 1.61. The molecule has 0 unspecified atom stereocenters. The first-order valence-corrected chi connectivity index (χ1v) is 2.71. The topological polar surface area (TPSA) is 0 Å². The summed E-state index contributed by atoms with van der Waals surface area (Å²) in [5, 5.41) is 0. The van der Waals surface area contributed by atoms with Crippen molar-refractivity contribution in [3.63, 3.8) is 0 Å². The van der Waals surface area contributed by atoms with E-state index in [2.05, 4.69) is 15.9 Å². The second-order valence-corrected chi connectivity index (χ2v) is 1.88. The van der Waals surface area contributed by atoms with Gasteiger partial charge in [-0.25, -0.2) is 8.78 Å². The minimum absolute atomic E-state index is 0.531. The van der Waals surface area contributed by atoms with Crippen LogP contribution in [-0.2, 0) is 0 Å². The zero-order valence-electron chi connectivity index (χ0n) is 3.87. The van der Waals surface area contributed by atoms with Crippen LogP contribution in [0.5, 0.6) is 0 Å². The molecule has 0 aromatic rings. The smallest absolute Gasteiger partial charge is 0.210 e. The fourth-order valence-corrected chi connectivity index (χ4v) is 0.365. The van der Waals surface area contributed by atoms with Crippen molar-refractivity contribution in [2.75, 3.05) is 0 Å². The number of rotatable bonds is 2. The zero-order chi connectivity index (χ0) is 6.57. The Labute approximate surface area is 53.5 Å². The Balaban J connectivity index is 3.29. The van der Waals surface area contributed by atoms with Crippen LogP contribution in [0.15, 0.2) is 10.8 Å². The molecule has 0 atom stereocenters. The number of alkyl halides is 2. The van der Waals surface area contributed by atoms with Crippen molar-refractivity contribution in [2.45, 2.75) is 12.8 Å². The second kappa shape index (κ2) is 3.95. The maximum absolute atomic E-state index is 11.5. The number of hydrogen-bond donors (Lipinski definition) is 0. The average molecular weight is 189 g/mol. The molecule has 0 nitrogen and oxygen atoms in total. The first kappa shape index (κ1) is 8.01. The minimum Gasteiger partial charge on any atom is -0.210 e. The summed E-state index contributed by atoms with van der Waals surface area (Å²) in [7, 11) is 0. The van der Waals surface area contributed by atoms with E-state index in [4.69, 9.17) is 0 Å². The maximum atomic E-state index is 11.5. The lowest BCUT2D eigenvalue weighted by molar-refractivity contribution is 0.152. The summed E-state index contributed by atoms with van der Waals surface area (Å²) in [6.45, 7) is 0. The van der Waals surface area contributed by atoms with Gasteiger partial charge >= 0.3 is 0 Å². The van der Waals surface area contributed by atoms with Crippen molar-refractivity contribution >= 4 is 15.9 Å². The molecule has 0 spiro atoms. The van der Waals surface area contributed by atoms with Crippen molar-refractivity contribution in [1.29, 1.82) is 0 Å². The summed E-state index contributed by atoms with van der Waals surface area (Å²) >= 11 is 2.36. The summed E-state index contributed by atoms with van der Waals surface area (Å²) in [4.78, 5) is 0. The van der Waals surface area contributed by atoms with E-state index in [0.717, 1.165) is 6.08 Å². The van der Waals surface area contributed by atoms with Gasteiger partial charge in [0, 0.05) is 6.42 Å². The first-order chi connectivity index (χ1) is 3.63. The molecule has 0 fully saturated rings. The van der Waals surface area contributed by atoms with Crippen LogP contribution in [0.1, 0.15) is 6.42 Å². The van der Waals surface area contributed by atoms with Crippen LogP contribution in [0, 0.1) is 0 Å². The van der Waals surface area contributed by atoms with E-state index < -0.39 is 17.6 Å². The van der Waals surface area contributed by atoms with E-state index in [-0.39, 0.29) is 0 Å². The van der Waals surface area contributed by atoms with Crippen LogP contribution in [0.3, 0.4) is 0 Å². The number of allylic oxidation sites excluding steroid dienone is 1. The maximum Gasteiger partial charge on any atom is 0.242 e. The Morgan fingerprint density at radius 3 is 2.25 bits per heavy atom. The normalized spacial score (nSPS) is 12.9. The molecule has 0 heterocycles. The van der Waals surface area contributed by atoms with Gasteiger partial charge in [-0.15, -0.1) is 0 Å². The summed E-state index contributed by atoms with van der Waals surface area (Å²) < 4.78 is 33.1. The van der Waals surface area contributed by atoms with Crippen molar-refractivity contribution < 1.29 is 13.2 Å². The summed E-state index contributed by atoms with van der Waals surface area (Å²) in [6, 6.07) is 0. The summed E-state index contributed by atoms with van der Waals surface area (Å²) in [5.41, 5.74) is 0. The highest BCUT2D eigenvalue weighted by molar-refractivity contribution is 9.11. The van der Waals surface area contributed by atoms with E-state index in [1.165, 1.54) is 0 Å². The van der Waals surface area contributed by atoms with E-state index in [1.807, 2.05) is 0 Å². The van der Waals surface area contributed by atoms with Crippen LogP contribution < -0.4 is 0 Å². The van der Waals surface area contributed by atoms with Gasteiger partial charge in [0.05, 0.1) is 0 Å². The molecular weight excluding hydrogens is 185 g/mol. The van der Waals surface area contributed by atoms with Crippen LogP contribution >= 0.6 is 15.9 Å². The number of hydrogen-bond acceptors (Lipinski definition) is 0. The lowest BCUT2D eigenvalue weighted by Crippen LogP contribution is -1.84. The Bertz CT molecular complexity index is 85.3. The molecular formula is C4H4BrF3. The quantitative estimate of drug-likeness (QED) is 0.626. The molecule has 0 aliphatic carbocycles. The lowest BCUT2D eigenvalue weighted by Gasteiger charge is -1.87. The minimum atomic E-state index is -2.46. The monoisotopic (exact) mass is 188 g/mol. The van der Waals surface area contributed by atoms with Gasteiger partial charge in [-0.05, 0) is 22.0 Å².